The first-order chi connectivity index (χ1) is 10.0. The van der Waals surface area contributed by atoms with Crippen molar-refractivity contribution in [3.63, 3.8) is 0 Å². The van der Waals surface area contributed by atoms with Crippen molar-refractivity contribution >= 4 is 11.6 Å². The SMILES string of the molecule is Cc1nc(CN(C)C(=O)C2(c3ccc(N)cc3)CC2)n[nH]1. The average Bonchev–Trinajstić information content (AvgIpc) is 3.17. The topological polar surface area (TPSA) is 87.9 Å². The zero-order chi connectivity index (χ0) is 15.0. The fourth-order valence-electron chi connectivity index (χ4n) is 2.66. The van der Waals surface area contributed by atoms with Crippen LogP contribution in [0, 0.1) is 6.92 Å². The van der Waals surface area contributed by atoms with Crippen molar-refractivity contribution in [2.24, 2.45) is 0 Å². The lowest BCUT2D eigenvalue weighted by atomic mass is 9.94. The highest BCUT2D eigenvalue weighted by Crippen LogP contribution is 2.49. The second kappa shape index (κ2) is 4.87. The van der Waals surface area contributed by atoms with Crippen molar-refractivity contribution < 1.29 is 4.79 Å². The van der Waals surface area contributed by atoms with Gasteiger partial charge in [0.1, 0.15) is 5.82 Å². The summed E-state index contributed by atoms with van der Waals surface area (Å²) in [7, 11) is 1.80. The van der Waals surface area contributed by atoms with Gasteiger partial charge in [0, 0.05) is 12.7 Å². The van der Waals surface area contributed by atoms with E-state index in [2.05, 4.69) is 15.2 Å². The molecule has 1 aliphatic carbocycles. The molecule has 21 heavy (non-hydrogen) atoms. The van der Waals surface area contributed by atoms with Gasteiger partial charge in [0.25, 0.3) is 0 Å². The van der Waals surface area contributed by atoms with Gasteiger partial charge in [-0.05, 0) is 37.5 Å². The minimum atomic E-state index is -0.381. The lowest BCUT2D eigenvalue weighted by Crippen LogP contribution is -2.36. The van der Waals surface area contributed by atoms with Gasteiger partial charge in [0.05, 0.1) is 12.0 Å². The second-order valence-electron chi connectivity index (χ2n) is 5.70. The summed E-state index contributed by atoms with van der Waals surface area (Å²) < 4.78 is 0. The fraction of sp³-hybridized carbons (Fsp3) is 0.400. The Hall–Kier alpha value is -2.37. The molecular formula is C15H19N5O. The number of rotatable bonds is 4. The molecule has 2 aromatic rings. The van der Waals surface area contributed by atoms with Crippen LogP contribution in [0.1, 0.15) is 30.1 Å². The minimum absolute atomic E-state index is 0.120. The zero-order valence-electron chi connectivity index (χ0n) is 12.3. The van der Waals surface area contributed by atoms with E-state index in [1.54, 1.807) is 11.9 Å². The molecule has 0 unspecified atom stereocenters. The predicted octanol–water partition coefficient (Wildman–Crippen LogP) is 1.39. The third kappa shape index (κ3) is 2.49. The number of carbonyl (C=O) groups excluding carboxylic acids is 1. The molecule has 0 bridgehead atoms. The van der Waals surface area contributed by atoms with Gasteiger partial charge in [-0.2, -0.15) is 5.10 Å². The number of aromatic amines is 1. The molecule has 6 nitrogen and oxygen atoms in total. The monoisotopic (exact) mass is 285 g/mol. The number of benzene rings is 1. The lowest BCUT2D eigenvalue weighted by molar-refractivity contribution is -0.133. The zero-order valence-corrected chi connectivity index (χ0v) is 12.3. The maximum Gasteiger partial charge on any atom is 0.233 e. The number of anilines is 1. The number of H-pyrrole nitrogens is 1. The van der Waals surface area contributed by atoms with E-state index in [0.717, 1.165) is 24.2 Å². The van der Waals surface area contributed by atoms with Gasteiger partial charge in [-0.15, -0.1) is 0 Å². The van der Waals surface area contributed by atoms with E-state index in [1.807, 2.05) is 31.2 Å². The van der Waals surface area contributed by atoms with Crippen molar-refractivity contribution in [3.05, 3.63) is 41.5 Å². The van der Waals surface area contributed by atoms with Gasteiger partial charge in [0.2, 0.25) is 5.91 Å². The molecule has 3 N–H and O–H groups in total. The Kier molecular flexibility index (Phi) is 3.16. The number of aryl methyl sites for hydroxylation is 1. The number of aromatic nitrogens is 3. The van der Waals surface area contributed by atoms with Gasteiger partial charge in [-0.25, -0.2) is 4.98 Å². The molecule has 1 aromatic heterocycles. The Balaban J connectivity index is 1.76. The van der Waals surface area contributed by atoms with Crippen LogP contribution in [0.2, 0.25) is 0 Å². The highest BCUT2D eigenvalue weighted by molar-refractivity contribution is 5.91. The minimum Gasteiger partial charge on any atom is -0.399 e. The molecule has 1 heterocycles. The summed E-state index contributed by atoms with van der Waals surface area (Å²) in [5.74, 6) is 1.51. The number of hydrogen-bond acceptors (Lipinski definition) is 4. The van der Waals surface area contributed by atoms with E-state index in [-0.39, 0.29) is 11.3 Å². The lowest BCUT2D eigenvalue weighted by Gasteiger charge is -2.23. The summed E-state index contributed by atoms with van der Waals surface area (Å²) in [6.45, 7) is 2.26. The molecule has 3 rings (SSSR count). The highest BCUT2D eigenvalue weighted by Gasteiger charge is 2.52. The summed E-state index contributed by atoms with van der Waals surface area (Å²) >= 11 is 0. The Bertz CT molecular complexity index is 657. The van der Waals surface area contributed by atoms with Crippen LogP contribution < -0.4 is 5.73 Å². The maximum atomic E-state index is 12.8. The van der Waals surface area contributed by atoms with Gasteiger partial charge in [-0.3, -0.25) is 9.89 Å². The molecule has 1 aliphatic rings. The Labute approximate surface area is 123 Å². The van der Waals surface area contributed by atoms with Crippen LogP contribution in [0.3, 0.4) is 0 Å². The van der Waals surface area contributed by atoms with Crippen molar-refractivity contribution in [2.45, 2.75) is 31.7 Å². The maximum absolute atomic E-state index is 12.8. The van der Waals surface area contributed by atoms with Crippen LogP contribution in [0.25, 0.3) is 0 Å². The molecule has 0 atom stereocenters. The predicted molar refractivity (Wildman–Crippen MR) is 79.4 cm³/mol. The van der Waals surface area contributed by atoms with Crippen LogP contribution in [0.4, 0.5) is 5.69 Å². The fourth-order valence-corrected chi connectivity index (χ4v) is 2.66. The van der Waals surface area contributed by atoms with Crippen molar-refractivity contribution in [1.29, 1.82) is 0 Å². The second-order valence-corrected chi connectivity index (χ2v) is 5.70. The van der Waals surface area contributed by atoms with Gasteiger partial charge >= 0.3 is 0 Å². The molecule has 1 saturated carbocycles. The summed E-state index contributed by atoms with van der Waals surface area (Å²) in [5.41, 5.74) is 7.09. The van der Waals surface area contributed by atoms with Crippen LogP contribution in [0.15, 0.2) is 24.3 Å². The summed E-state index contributed by atoms with van der Waals surface area (Å²) in [6, 6.07) is 7.60. The third-order valence-corrected chi connectivity index (χ3v) is 3.99. The van der Waals surface area contributed by atoms with Gasteiger partial charge in [0.15, 0.2) is 5.82 Å². The number of amides is 1. The van der Waals surface area contributed by atoms with Crippen molar-refractivity contribution in [2.75, 3.05) is 12.8 Å². The molecule has 110 valence electrons. The molecule has 6 heteroatoms. The summed E-state index contributed by atoms with van der Waals surface area (Å²) in [6.07, 6.45) is 1.76. The number of nitrogens with zero attached hydrogens (tertiary/aromatic N) is 3. The number of nitrogens with two attached hydrogens (primary N) is 1. The van der Waals surface area contributed by atoms with Gasteiger partial charge in [-0.1, -0.05) is 12.1 Å². The molecule has 0 aliphatic heterocycles. The Morgan fingerprint density at radius 3 is 2.57 bits per heavy atom. The van der Waals surface area contributed by atoms with Gasteiger partial charge < -0.3 is 10.6 Å². The quantitative estimate of drug-likeness (QED) is 0.831. The molecule has 1 aromatic carbocycles. The first-order valence-corrected chi connectivity index (χ1v) is 7.01. The summed E-state index contributed by atoms with van der Waals surface area (Å²) in [5, 5.41) is 6.87. The van der Waals surface area contributed by atoms with Crippen LogP contribution in [-0.4, -0.2) is 33.0 Å². The van der Waals surface area contributed by atoms with Crippen molar-refractivity contribution in [3.8, 4) is 0 Å². The van der Waals surface area contributed by atoms with Crippen molar-refractivity contribution in [1.82, 2.24) is 20.1 Å². The van der Waals surface area contributed by atoms with Crippen LogP contribution in [-0.2, 0) is 16.8 Å². The normalized spacial score (nSPS) is 15.7. The molecule has 0 saturated heterocycles. The number of nitrogen functional groups attached to an aromatic ring is 1. The molecular weight excluding hydrogens is 266 g/mol. The van der Waals surface area contributed by atoms with E-state index < -0.39 is 0 Å². The first-order valence-electron chi connectivity index (χ1n) is 7.01. The smallest absolute Gasteiger partial charge is 0.233 e. The first kappa shape index (κ1) is 13.6. The molecule has 0 spiro atoms. The van der Waals surface area contributed by atoms with E-state index >= 15 is 0 Å². The standard InChI is InChI=1S/C15H19N5O/c1-10-17-13(19-18-10)9-20(2)14(21)15(7-8-15)11-3-5-12(16)6-4-11/h3-6H,7-9,16H2,1-2H3,(H,17,18,19). The Morgan fingerprint density at radius 2 is 2.05 bits per heavy atom. The molecule has 0 radical (unpaired) electrons. The molecule has 1 amide bonds. The third-order valence-electron chi connectivity index (χ3n) is 3.99. The highest BCUT2D eigenvalue weighted by atomic mass is 16.2. The number of nitrogens with one attached hydrogen (secondary N) is 1. The van der Waals surface area contributed by atoms with E-state index in [4.69, 9.17) is 5.73 Å². The van der Waals surface area contributed by atoms with E-state index in [9.17, 15) is 4.79 Å². The average molecular weight is 285 g/mol. The molecule has 1 fully saturated rings. The van der Waals surface area contributed by atoms with E-state index in [0.29, 0.717) is 18.1 Å². The number of hydrogen-bond donors (Lipinski definition) is 2. The largest absolute Gasteiger partial charge is 0.399 e. The van der Waals surface area contributed by atoms with Crippen LogP contribution >= 0.6 is 0 Å². The summed E-state index contributed by atoms with van der Waals surface area (Å²) in [4.78, 5) is 18.7. The number of carbonyl (C=O) groups is 1. The van der Waals surface area contributed by atoms with Crippen LogP contribution in [0.5, 0.6) is 0 Å². The number of likely N-dealkylation sites (N-methyl/N-ethyl adjacent to an activating group) is 1. The van der Waals surface area contributed by atoms with E-state index in [1.165, 1.54) is 0 Å². The Morgan fingerprint density at radius 1 is 1.38 bits per heavy atom.